The summed E-state index contributed by atoms with van der Waals surface area (Å²) in [5, 5.41) is 1.71. The van der Waals surface area contributed by atoms with Crippen LogP contribution < -0.4 is 5.32 Å². The van der Waals surface area contributed by atoms with Crippen LogP contribution >= 0.6 is 15.9 Å². The second kappa shape index (κ2) is 4.04. The molecule has 0 bridgehead atoms. The van der Waals surface area contributed by atoms with Gasteiger partial charge in [-0.15, -0.1) is 0 Å². The third-order valence-corrected chi connectivity index (χ3v) is 1.75. The minimum Gasteiger partial charge on any atom is -0.457 e. The minimum atomic E-state index is -4.85. The lowest BCUT2D eigenvalue weighted by Gasteiger charge is -2.05. The zero-order valence-corrected chi connectivity index (χ0v) is 8.28. The fourth-order valence-corrected chi connectivity index (χ4v) is 1.11. The maximum Gasteiger partial charge on any atom is 0.471 e. The predicted molar refractivity (Wildman–Crippen MR) is 44.3 cm³/mol. The molecule has 1 N–H and O–H groups in total. The van der Waals surface area contributed by atoms with E-state index in [4.69, 9.17) is 4.42 Å². The van der Waals surface area contributed by atoms with Crippen LogP contribution in [0.2, 0.25) is 0 Å². The average molecular weight is 272 g/mol. The van der Waals surface area contributed by atoms with Crippen molar-refractivity contribution >= 4 is 21.8 Å². The number of halogens is 4. The van der Waals surface area contributed by atoms with Gasteiger partial charge in [0.2, 0.25) is 0 Å². The number of alkyl halides is 3. The fourth-order valence-electron chi connectivity index (χ4n) is 0.721. The van der Waals surface area contributed by atoms with Gasteiger partial charge in [0.25, 0.3) is 0 Å². The second-order valence-electron chi connectivity index (χ2n) is 2.44. The van der Waals surface area contributed by atoms with Gasteiger partial charge in [-0.05, 0) is 22.0 Å². The molecule has 0 saturated heterocycles. The summed E-state index contributed by atoms with van der Waals surface area (Å²) in [5.74, 6) is -1.96. The Morgan fingerprint density at radius 1 is 1.57 bits per heavy atom. The first kappa shape index (κ1) is 11.1. The Morgan fingerprint density at radius 2 is 2.21 bits per heavy atom. The summed E-state index contributed by atoms with van der Waals surface area (Å²) in [6.07, 6.45) is -3.60. The van der Waals surface area contributed by atoms with Crippen molar-refractivity contribution in [1.29, 1.82) is 0 Å². The van der Waals surface area contributed by atoms with E-state index in [1.807, 2.05) is 0 Å². The van der Waals surface area contributed by atoms with E-state index < -0.39 is 12.1 Å². The van der Waals surface area contributed by atoms with Crippen LogP contribution in [0.3, 0.4) is 0 Å². The van der Waals surface area contributed by atoms with E-state index in [1.54, 1.807) is 5.32 Å². The smallest absolute Gasteiger partial charge is 0.457 e. The SMILES string of the molecule is O=C(NCc1coc(Br)c1)C(F)(F)F. The molecule has 1 aromatic rings. The topological polar surface area (TPSA) is 42.2 Å². The summed E-state index contributed by atoms with van der Waals surface area (Å²) in [5.41, 5.74) is 0.453. The van der Waals surface area contributed by atoms with Crippen LogP contribution in [0.15, 0.2) is 21.4 Å². The molecule has 3 nitrogen and oxygen atoms in total. The molecule has 0 atom stereocenters. The molecule has 0 aliphatic rings. The van der Waals surface area contributed by atoms with Crippen molar-refractivity contribution in [3.63, 3.8) is 0 Å². The van der Waals surface area contributed by atoms with Crippen LogP contribution in [0.1, 0.15) is 5.56 Å². The summed E-state index contributed by atoms with van der Waals surface area (Å²) in [6.45, 7) is -0.215. The molecule has 0 aliphatic heterocycles. The fraction of sp³-hybridized carbons (Fsp3) is 0.286. The molecule has 1 heterocycles. The first-order chi connectivity index (χ1) is 6.39. The number of carbonyl (C=O) groups excluding carboxylic acids is 1. The van der Waals surface area contributed by atoms with Gasteiger partial charge in [-0.2, -0.15) is 13.2 Å². The number of amides is 1. The molecular weight excluding hydrogens is 267 g/mol. The molecule has 0 radical (unpaired) electrons. The van der Waals surface area contributed by atoms with Crippen molar-refractivity contribution in [3.05, 3.63) is 22.6 Å². The minimum absolute atomic E-state index is 0.215. The Balaban J connectivity index is 2.46. The van der Waals surface area contributed by atoms with Gasteiger partial charge in [-0.3, -0.25) is 4.79 Å². The van der Waals surface area contributed by atoms with Crippen molar-refractivity contribution in [2.24, 2.45) is 0 Å². The quantitative estimate of drug-likeness (QED) is 0.896. The Morgan fingerprint density at radius 3 is 2.64 bits per heavy atom. The van der Waals surface area contributed by atoms with Gasteiger partial charge in [0.1, 0.15) is 0 Å². The predicted octanol–water partition coefficient (Wildman–Crippen LogP) is 2.22. The van der Waals surface area contributed by atoms with Crippen LogP contribution in [-0.2, 0) is 11.3 Å². The van der Waals surface area contributed by atoms with E-state index in [1.165, 1.54) is 12.3 Å². The molecule has 0 spiro atoms. The molecule has 1 rings (SSSR count). The molecule has 0 unspecified atom stereocenters. The molecule has 14 heavy (non-hydrogen) atoms. The van der Waals surface area contributed by atoms with Crippen LogP contribution in [0, 0.1) is 0 Å². The number of rotatable bonds is 2. The lowest BCUT2D eigenvalue weighted by Crippen LogP contribution is -2.36. The molecule has 1 aromatic heterocycles. The van der Waals surface area contributed by atoms with E-state index >= 15 is 0 Å². The van der Waals surface area contributed by atoms with Crippen molar-refractivity contribution < 1.29 is 22.4 Å². The largest absolute Gasteiger partial charge is 0.471 e. The Kier molecular flexibility index (Phi) is 3.20. The van der Waals surface area contributed by atoms with Gasteiger partial charge in [-0.1, -0.05) is 0 Å². The van der Waals surface area contributed by atoms with E-state index in [0.717, 1.165) is 0 Å². The van der Waals surface area contributed by atoms with Gasteiger partial charge in [-0.25, -0.2) is 0 Å². The summed E-state index contributed by atoms with van der Waals surface area (Å²) in [4.78, 5) is 10.4. The lowest BCUT2D eigenvalue weighted by atomic mass is 10.3. The Bertz CT molecular complexity index is 334. The number of hydrogen-bond acceptors (Lipinski definition) is 2. The maximum absolute atomic E-state index is 11.7. The van der Waals surface area contributed by atoms with Crippen LogP contribution in [0.4, 0.5) is 13.2 Å². The van der Waals surface area contributed by atoms with Crippen LogP contribution in [-0.4, -0.2) is 12.1 Å². The monoisotopic (exact) mass is 271 g/mol. The molecule has 1 amide bonds. The highest BCUT2D eigenvalue weighted by atomic mass is 79.9. The number of nitrogens with one attached hydrogen (secondary N) is 1. The van der Waals surface area contributed by atoms with Crippen LogP contribution in [0.5, 0.6) is 0 Å². The molecule has 0 fully saturated rings. The lowest BCUT2D eigenvalue weighted by molar-refractivity contribution is -0.173. The van der Waals surface area contributed by atoms with Gasteiger partial charge in [0.05, 0.1) is 6.26 Å². The number of hydrogen-bond donors (Lipinski definition) is 1. The molecular formula is C7H5BrF3NO2. The molecule has 78 valence electrons. The van der Waals surface area contributed by atoms with Crippen molar-refractivity contribution in [2.75, 3.05) is 0 Å². The zero-order chi connectivity index (χ0) is 10.8. The van der Waals surface area contributed by atoms with Gasteiger partial charge in [0.15, 0.2) is 4.67 Å². The first-order valence-corrected chi connectivity index (χ1v) is 4.27. The van der Waals surface area contributed by atoms with Gasteiger partial charge in [0, 0.05) is 12.1 Å². The number of carbonyl (C=O) groups is 1. The van der Waals surface area contributed by atoms with Crippen molar-refractivity contribution in [3.8, 4) is 0 Å². The summed E-state index contributed by atoms with van der Waals surface area (Å²) >= 11 is 2.98. The third-order valence-electron chi connectivity index (χ3n) is 1.33. The Labute approximate surface area is 85.4 Å². The molecule has 0 aromatic carbocycles. The summed E-state index contributed by atoms with van der Waals surface area (Å²) < 4.78 is 40.3. The molecule has 0 aliphatic carbocycles. The van der Waals surface area contributed by atoms with Crippen molar-refractivity contribution in [2.45, 2.75) is 12.7 Å². The van der Waals surface area contributed by atoms with Gasteiger partial charge < -0.3 is 9.73 Å². The summed E-state index contributed by atoms with van der Waals surface area (Å²) in [7, 11) is 0. The second-order valence-corrected chi connectivity index (χ2v) is 3.22. The molecule has 0 saturated carbocycles. The van der Waals surface area contributed by atoms with Gasteiger partial charge >= 0.3 is 12.1 Å². The van der Waals surface area contributed by atoms with Crippen molar-refractivity contribution in [1.82, 2.24) is 5.32 Å². The van der Waals surface area contributed by atoms with E-state index in [9.17, 15) is 18.0 Å². The van der Waals surface area contributed by atoms with Crippen LogP contribution in [0.25, 0.3) is 0 Å². The van der Waals surface area contributed by atoms with E-state index in [0.29, 0.717) is 10.2 Å². The first-order valence-electron chi connectivity index (χ1n) is 3.47. The average Bonchev–Trinajstić information content (AvgIpc) is 2.45. The maximum atomic E-state index is 11.7. The van der Waals surface area contributed by atoms with E-state index in [2.05, 4.69) is 15.9 Å². The number of furan rings is 1. The Hall–Kier alpha value is -0.980. The highest BCUT2D eigenvalue weighted by molar-refractivity contribution is 9.10. The third kappa shape index (κ3) is 3.06. The van der Waals surface area contributed by atoms with E-state index in [-0.39, 0.29) is 6.54 Å². The summed E-state index contributed by atoms with van der Waals surface area (Å²) in [6, 6.07) is 1.47. The highest BCUT2D eigenvalue weighted by Gasteiger charge is 2.38. The molecule has 7 heteroatoms. The highest BCUT2D eigenvalue weighted by Crippen LogP contribution is 2.16. The standard InChI is InChI=1S/C7H5BrF3NO2/c8-5-1-4(3-14-5)2-12-6(13)7(9,10)11/h1,3H,2H2,(H,12,13). The normalized spacial score (nSPS) is 11.4. The zero-order valence-electron chi connectivity index (χ0n) is 6.69.